The second kappa shape index (κ2) is 7.15. The van der Waals surface area contributed by atoms with E-state index < -0.39 is 17.3 Å². The number of fused-ring (bicyclic) bond motifs is 1. The van der Waals surface area contributed by atoms with Crippen LogP contribution in [0, 0.1) is 0 Å². The fraction of sp³-hybridized carbons (Fsp3) is 0.238. The monoisotopic (exact) mass is 367 g/mol. The summed E-state index contributed by atoms with van der Waals surface area (Å²) in [6.45, 7) is 5.34. The molecule has 0 aliphatic heterocycles. The second-order valence-corrected chi connectivity index (χ2v) is 6.99. The molecule has 2 aromatic carbocycles. The average Bonchev–Trinajstić information content (AvgIpc) is 2.59. The van der Waals surface area contributed by atoms with Gasteiger partial charge in [0, 0.05) is 5.56 Å². The van der Waals surface area contributed by atoms with Gasteiger partial charge >= 0.3 is 11.7 Å². The molecule has 3 aromatic rings. The van der Waals surface area contributed by atoms with Crippen molar-refractivity contribution in [3.8, 4) is 16.9 Å². The number of carbonyl (C=O) groups excluding carboxylic acids is 1. The molecule has 0 aliphatic rings. The molecule has 0 aliphatic carbocycles. The van der Waals surface area contributed by atoms with Gasteiger partial charge in [-0.1, -0.05) is 24.3 Å². The molecular formula is C21H21NO5. The molecule has 0 saturated carbocycles. The minimum atomic E-state index is -0.631. The molecule has 0 bridgehead atoms. The topological polar surface area (TPSA) is 77.8 Å². The van der Waals surface area contributed by atoms with Gasteiger partial charge in [0.2, 0.25) is 0 Å². The number of benzene rings is 2. The number of methoxy groups -OCH3 is 1. The van der Waals surface area contributed by atoms with Crippen molar-refractivity contribution in [2.45, 2.75) is 26.4 Å². The lowest BCUT2D eigenvalue weighted by atomic mass is 10.0. The van der Waals surface area contributed by atoms with Crippen LogP contribution in [0.3, 0.4) is 0 Å². The zero-order chi connectivity index (χ0) is 19.6. The first-order valence-electron chi connectivity index (χ1n) is 8.49. The lowest BCUT2D eigenvalue weighted by Gasteiger charge is -2.20. The lowest BCUT2D eigenvalue weighted by molar-refractivity contribution is 0.0636. The maximum absolute atomic E-state index is 12.5. The largest absolute Gasteiger partial charge is 0.496 e. The van der Waals surface area contributed by atoms with Crippen LogP contribution in [0.15, 0.2) is 57.7 Å². The van der Waals surface area contributed by atoms with Crippen molar-refractivity contribution in [2.24, 2.45) is 0 Å². The van der Waals surface area contributed by atoms with Crippen molar-refractivity contribution in [2.75, 3.05) is 12.4 Å². The molecule has 0 unspecified atom stereocenters. The molecule has 0 saturated heterocycles. The van der Waals surface area contributed by atoms with Gasteiger partial charge < -0.3 is 13.9 Å². The van der Waals surface area contributed by atoms with E-state index in [0.29, 0.717) is 33.5 Å². The first kappa shape index (κ1) is 18.5. The van der Waals surface area contributed by atoms with Crippen molar-refractivity contribution in [3.05, 3.63) is 59.0 Å². The number of amides is 1. The molecule has 1 N–H and O–H groups in total. The number of para-hydroxylation sites is 1. The molecule has 6 nitrogen and oxygen atoms in total. The lowest BCUT2D eigenvalue weighted by Crippen LogP contribution is -2.27. The van der Waals surface area contributed by atoms with Gasteiger partial charge in [-0.25, -0.2) is 9.59 Å². The molecule has 6 heteroatoms. The Hall–Kier alpha value is -3.28. The zero-order valence-electron chi connectivity index (χ0n) is 15.7. The Labute approximate surface area is 156 Å². The highest BCUT2D eigenvalue weighted by Gasteiger charge is 2.19. The molecule has 0 atom stereocenters. The molecule has 1 aromatic heterocycles. The van der Waals surface area contributed by atoms with E-state index >= 15 is 0 Å². The SMILES string of the molecule is COc1cccc2oc(=O)c(-c3ccccc3NC(=O)OC(C)(C)C)cc12. The van der Waals surface area contributed by atoms with Crippen LogP contribution in [0.4, 0.5) is 10.5 Å². The van der Waals surface area contributed by atoms with Gasteiger partial charge in [-0.05, 0) is 45.0 Å². The summed E-state index contributed by atoms with van der Waals surface area (Å²) in [5, 5.41) is 3.36. The molecule has 140 valence electrons. The second-order valence-electron chi connectivity index (χ2n) is 6.99. The molecule has 0 fully saturated rings. The summed E-state index contributed by atoms with van der Waals surface area (Å²) in [4.78, 5) is 24.7. The first-order chi connectivity index (χ1) is 12.8. The van der Waals surface area contributed by atoms with Crippen LogP contribution in [-0.2, 0) is 4.74 Å². The normalized spacial score (nSPS) is 11.3. The van der Waals surface area contributed by atoms with E-state index in [9.17, 15) is 9.59 Å². The van der Waals surface area contributed by atoms with Crippen LogP contribution < -0.4 is 15.7 Å². The van der Waals surface area contributed by atoms with E-state index in [1.807, 2.05) is 0 Å². The highest BCUT2D eigenvalue weighted by molar-refractivity contribution is 5.94. The van der Waals surface area contributed by atoms with Gasteiger partial charge in [0.05, 0.1) is 23.7 Å². The summed E-state index contributed by atoms with van der Waals surface area (Å²) in [5.74, 6) is 0.593. The number of carbonyl (C=O) groups is 1. The predicted octanol–water partition coefficient (Wildman–Crippen LogP) is 4.82. The van der Waals surface area contributed by atoms with Crippen molar-refractivity contribution in [3.63, 3.8) is 0 Å². The number of anilines is 1. The van der Waals surface area contributed by atoms with Crippen LogP contribution >= 0.6 is 0 Å². The summed E-state index contributed by atoms with van der Waals surface area (Å²) >= 11 is 0. The third-order valence-corrected chi connectivity index (χ3v) is 3.81. The van der Waals surface area contributed by atoms with Gasteiger partial charge in [0.25, 0.3) is 0 Å². The van der Waals surface area contributed by atoms with E-state index in [0.717, 1.165) is 0 Å². The number of hydrogen-bond donors (Lipinski definition) is 1. The van der Waals surface area contributed by atoms with Crippen LogP contribution in [-0.4, -0.2) is 18.8 Å². The molecule has 0 radical (unpaired) electrons. The third kappa shape index (κ3) is 4.11. The summed E-state index contributed by atoms with van der Waals surface area (Å²) < 4.78 is 16.1. The Morgan fingerprint density at radius 2 is 1.78 bits per heavy atom. The minimum absolute atomic E-state index is 0.318. The van der Waals surface area contributed by atoms with Gasteiger partial charge in [-0.3, -0.25) is 5.32 Å². The van der Waals surface area contributed by atoms with Crippen LogP contribution in [0.2, 0.25) is 0 Å². The van der Waals surface area contributed by atoms with Gasteiger partial charge in [0.15, 0.2) is 0 Å². The Morgan fingerprint density at radius 3 is 2.48 bits per heavy atom. The smallest absolute Gasteiger partial charge is 0.412 e. The maximum atomic E-state index is 12.5. The van der Waals surface area contributed by atoms with E-state index in [4.69, 9.17) is 13.9 Å². The molecule has 27 heavy (non-hydrogen) atoms. The maximum Gasteiger partial charge on any atom is 0.412 e. The summed E-state index contributed by atoms with van der Waals surface area (Å²) in [6, 6.07) is 13.9. The van der Waals surface area contributed by atoms with Crippen LogP contribution in [0.25, 0.3) is 22.1 Å². The average molecular weight is 367 g/mol. The fourth-order valence-corrected chi connectivity index (χ4v) is 2.72. The molecule has 3 rings (SSSR count). The quantitative estimate of drug-likeness (QED) is 0.672. The Balaban J connectivity index is 2.08. The summed E-state index contributed by atoms with van der Waals surface area (Å²) in [7, 11) is 1.55. The van der Waals surface area contributed by atoms with E-state index in [1.165, 1.54) is 0 Å². The summed E-state index contributed by atoms with van der Waals surface area (Å²) in [6.07, 6.45) is -0.599. The van der Waals surface area contributed by atoms with E-state index in [1.54, 1.807) is 76.4 Å². The van der Waals surface area contributed by atoms with Crippen LogP contribution in [0.5, 0.6) is 5.75 Å². The van der Waals surface area contributed by atoms with Crippen molar-refractivity contribution < 1.29 is 18.7 Å². The van der Waals surface area contributed by atoms with E-state index in [-0.39, 0.29) is 0 Å². The highest BCUT2D eigenvalue weighted by Crippen LogP contribution is 2.31. The summed E-state index contributed by atoms with van der Waals surface area (Å²) in [5.41, 5.74) is 0.598. The Bertz CT molecular complexity index is 1050. The molecule has 1 heterocycles. The highest BCUT2D eigenvalue weighted by atomic mass is 16.6. The fourth-order valence-electron chi connectivity index (χ4n) is 2.72. The molecule has 1 amide bonds. The van der Waals surface area contributed by atoms with Crippen LogP contribution in [0.1, 0.15) is 20.8 Å². The zero-order valence-corrected chi connectivity index (χ0v) is 15.7. The third-order valence-electron chi connectivity index (χ3n) is 3.81. The predicted molar refractivity (Wildman–Crippen MR) is 104 cm³/mol. The number of nitrogens with one attached hydrogen (secondary N) is 1. The first-order valence-corrected chi connectivity index (χ1v) is 8.49. The van der Waals surface area contributed by atoms with Gasteiger partial charge in [-0.2, -0.15) is 0 Å². The number of ether oxygens (including phenoxy) is 2. The van der Waals surface area contributed by atoms with Gasteiger partial charge in [-0.15, -0.1) is 0 Å². The van der Waals surface area contributed by atoms with Crippen molar-refractivity contribution >= 4 is 22.7 Å². The van der Waals surface area contributed by atoms with Crippen molar-refractivity contribution in [1.82, 2.24) is 0 Å². The van der Waals surface area contributed by atoms with Gasteiger partial charge in [0.1, 0.15) is 16.9 Å². The number of hydrogen-bond acceptors (Lipinski definition) is 5. The minimum Gasteiger partial charge on any atom is -0.496 e. The Kier molecular flexibility index (Phi) is 4.90. The molecule has 0 spiro atoms. The standard InChI is InChI=1S/C21H21NO5/c1-21(2,3)27-20(24)22-16-9-6-5-8-13(16)14-12-15-17(25-4)10-7-11-18(15)26-19(14)23/h5-12H,1-4H3,(H,22,24). The molecular weight excluding hydrogens is 346 g/mol. The number of rotatable bonds is 3. The van der Waals surface area contributed by atoms with E-state index in [2.05, 4.69) is 5.32 Å². The van der Waals surface area contributed by atoms with Crippen molar-refractivity contribution in [1.29, 1.82) is 0 Å². The Morgan fingerprint density at radius 1 is 1.04 bits per heavy atom.